The van der Waals surface area contributed by atoms with Crippen LogP contribution in [0, 0.1) is 5.82 Å². The monoisotopic (exact) mass is 215 g/mol. The van der Waals surface area contributed by atoms with E-state index < -0.39 is 0 Å². The maximum atomic E-state index is 12.5. The van der Waals surface area contributed by atoms with Gasteiger partial charge in [-0.1, -0.05) is 0 Å². The highest BCUT2D eigenvalue weighted by Gasteiger charge is 2.02. The second-order valence-corrected chi connectivity index (χ2v) is 2.76. The van der Waals surface area contributed by atoms with Gasteiger partial charge in [-0.15, -0.1) is 0 Å². The van der Waals surface area contributed by atoms with Gasteiger partial charge in [0.05, 0.1) is 0 Å². The molecule has 2 nitrogen and oxygen atoms in total. The predicted octanol–water partition coefficient (Wildman–Crippen LogP) is 2.73. The number of halogens is 2. The number of rotatable bonds is 0. The molecule has 2 rings (SSSR count). The minimum atomic E-state index is -0.307. The van der Waals surface area contributed by atoms with Crippen LogP contribution < -0.4 is 0 Å². The highest BCUT2D eigenvalue weighted by Crippen LogP contribution is 2.19. The van der Waals surface area contributed by atoms with Crippen LogP contribution in [0.25, 0.3) is 11.1 Å². The van der Waals surface area contributed by atoms with Gasteiger partial charge >= 0.3 is 0 Å². The molecule has 0 aliphatic heterocycles. The summed E-state index contributed by atoms with van der Waals surface area (Å²) in [5, 5.41) is 0. The summed E-state index contributed by atoms with van der Waals surface area (Å²) in [6, 6.07) is 4.20. The summed E-state index contributed by atoms with van der Waals surface area (Å²) in [6.07, 6.45) is 0. The Hall–Kier alpha value is -0.900. The zero-order valence-corrected chi connectivity index (χ0v) is 6.93. The summed E-state index contributed by atoms with van der Waals surface area (Å²) in [5.74, 6) is -0.307. The van der Waals surface area contributed by atoms with E-state index in [1.807, 2.05) is 0 Å². The van der Waals surface area contributed by atoms with Crippen molar-refractivity contribution in [2.45, 2.75) is 0 Å². The van der Waals surface area contributed by atoms with Crippen LogP contribution in [0.1, 0.15) is 0 Å². The van der Waals surface area contributed by atoms with Crippen molar-refractivity contribution < 1.29 is 8.81 Å². The average Bonchev–Trinajstić information content (AvgIpc) is 2.27. The Bertz CT molecular complexity index is 398. The molecular formula is C7H3BrFNO. The van der Waals surface area contributed by atoms with Crippen molar-refractivity contribution in [2.24, 2.45) is 0 Å². The molecule has 0 saturated carbocycles. The number of hydrogen-bond acceptors (Lipinski definition) is 2. The minimum absolute atomic E-state index is 0.307. The van der Waals surface area contributed by atoms with E-state index in [9.17, 15) is 4.39 Å². The smallest absolute Gasteiger partial charge is 0.265 e. The number of nitrogens with zero attached hydrogens (tertiary/aromatic N) is 1. The van der Waals surface area contributed by atoms with E-state index in [-0.39, 0.29) is 5.82 Å². The van der Waals surface area contributed by atoms with Gasteiger partial charge in [0.25, 0.3) is 4.80 Å². The number of aromatic nitrogens is 1. The summed E-state index contributed by atoms with van der Waals surface area (Å²) >= 11 is 3.05. The Balaban J connectivity index is 2.82. The van der Waals surface area contributed by atoms with Gasteiger partial charge in [0, 0.05) is 22.0 Å². The van der Waals surface area contributed by atoms with E-state index in [0.29, 0.717) is 15.9 Å². The summed E-state index contributed by atoms with van der Waals surface area (Å²) in [4.78, 5) is 4.26. The molecule has 0 aliphatic rings. The first-order valence-corrected chi connectivity index (χ1v) is 3.76. The van der Waals surface area contributed by atoms with Crippen molar-refractivity contribution in [1.29, 1.82) is 0 Å². The summed E-state index contributed by atoms with van der Waals surface area (Å²) < 4.78 is 17.6. The first-order chi connectivity index (χ1) is 5.25. The third kappa shape index (κ3) is 1.14. The lowest BCUT2D eigenvalue weighted by Gasteiger charge is -1.84. The van der Waals surface area contributed by atoms with Crippen LogP contribution in [0.4, 0.5) is 4.39 Å². The SMILES string of the molecule is Fc1ccc2oc(Br)nc2c1. The van der Waals surface area contributed by atoms with E-state index in [4.69, 9.17) is 4.42 Å². The molecule has 4 heteroatoms. The maximum Gasteiger partial charge on any atom is 0.265 e. The third-order valence-electron chi connectivity index (χ3n) is 1.32. The van der Waals surface area contributed by atoms with Crippen molar-refractivity contribution in [3.63, 3.8) is 0 Å². The Morgan fingerprint density at radius 2 is 2.27 bits per heavy atom. The Kier molecular flexibility index (Phi) is 1.42. The number of hydrogen-bond donors (Lipinski definition) is 0. The first-order valence-electron chi connectivity index (χ1n) is 2.97. The second-order valence-electron chi connectivity index (χ2n) is 2.08. The molecule has 0 atom stereocenters. The van der Waals surface area contributed by atoms with Crippen LogP contribution in [0.5, 0.6) is 0 Å². The normalized spacial score (nSPS) is 10.7. The summed E-state index contributed by atoms with van der Waals surface area (Å²) in [6.45, 7) is 0. The first kappa shape index (κ1) is 6.79. The van der Waals surface area contributed by atoms with Crippen molar-refractivity contribution in [2.75, 3.05) is 0 Å². The molecule has 56 valence electrons. The van der Waals surface area contributed by atoms with E-state index in [1.165, 1.54) is 12.1 Å². The molecule has 2 aromatic rings. The highest BCUT2D eigenvalue weighted by atomic mass is 79.9. The topological polar surface area (TPSA) is 26.0 Å². The molecule has 0 amide bonds. The Morgan fingerprint density at radius 3 is 3.09 bits per heavy atom. The van der Waals surface area contributed by atoms with Gasteiger partial charge < -0.3 is 4.42 Å². The van der Waals surface area contributed by atoms with E-state index in [1.54, 1.807) is 6.07 Å². The van der Waals surface area contributed by atoms with Crippen LogP contribution in [0.3, 0.4) is 0 Å². The number of fused-ring (bicyclic) bond motifs is 1. The molecule has 0 bridgehead atoms. The van der Waals surface area contributed by atoms with Crippen LogP contribution in [-0.2, 0) is 0 Å². The Morgan fingerprint density at radius 1 is 1.45 bits per heavy atom. The zero-order chi connectivity index (χ0) is 7.84. The van der Waals surface area contributed by atoms with Crippen LogP contribution in [0.2, 0.25) is 0 Å². The highest BCUT2D eigenvalue weighted by molar-refractivity contribution is 9.10. The average molecular weight is 216 g/mol. The molecule has 0 aliphatic carbocycles. The van der Waals surface area contributed by atoms with Crippen molar-refractivity contribution in [3.05, 3.63) is 28.8 Å². The number of oxazole rings is 1. The molecule has 1 aromatic carbocycles. The standard InChI is InChI=1S/C7H3BrFNO/c8-7-10-5-3-4(9)1-2-6(5)11-7/h1-3H. The molecule has 0 radical (unpaired) electrons. The molecule has 1 aromatic heterocycles. The molecule has 1 heterocycles. The van der Waals surface area contributed by atoms with Crippen LogP contribution in [0.15, 0.2) is 27.4 Å². The predicted molar refractivity (Wildman–Crippen MR) is 41.7 cm³/mol. The van der Waals surface area contributed by atoms with Gasteiger partial charge in [0.15, 0.2) is 5.58 Å². The lowest BCUT2D eigenvalue weighted by Crippen LogP contribution is -1.71. The lowest BCUT2D eigenvalue weighted by molar-refractivity contribution is 0.569. The number of benzene rings is 1. The molecule has 0 fully saturated rings. The van der Waals surface area contributed by atoms with Crippen LogP contribution in [-0.4, -0.2) is 4.98 Å². The fourth-order valence-corrected chi connectivity index (χ4v) is 1.24. The van der Waals surface area contributed by atoms with Gasteiger partial charge in [0.2, 0.25) is 0 Å². The summed E-state index contributed by atoms with van der Waals surface area (Å²) in [5.41, 5.74) is 1.11. The van der Waals surface area contributed by atoms with Gasteiger partial charge in [-0.3, -0.25) is 0 Å². The van der Waals surface area contributed by atoms with E-state index in [2.05, 4.69) is 20.9 Å². The maximum absolute atomic E-state index is 12.5. The fourth-order valence-electron chi connectivity index (χ4n) is 0.872. The van der Waals surface area contributed by atoms with Crippen molar-refractivity contribution in [1.82, 2.24) is 4.98 Å². The van der Waals surface area contributed by atoms with E-state index in [0.717, 1.165) is 0 Å². The van der Waals surface area contributed by atoms with E-state index >= 15 is 0 Å². The van der Waals surface area contributed by atoms with Gasteiger partial charge in [-0.2, -0.15) is 0 Å². The molecule has 0 spiro atoms. The molecule has 11 heavy (non-hydrogen) atoms. The second kappa shape index (κ2) is 2.30. The Labute approximate surface area is 70.2 Å². The van der Waals surface area contributed by atoms with Crippen molar-refractivity contribution in [3.8, 4) is 0 Å². The zero-order valence-electron chi connectivity index (χ0n) is 5.34. The van der Waals surface area contributed by atoms with Gasteiger partial charge in [0.1, 0.15) is 11.3 Å². The molecular weight excluding hydrogens is 213 g/mol. The van der Waals surface area contributed by atoms with Gasteiger partial charge in [-0.05, 0) is 12.1 Å². The van der Waals surface area contributed by atoms with Crippen molar-refractivity contribution >= 4 is 27.0 Å². The third-order valence-corrected chi connectivity index (χ3v) is 1.66. The lowest BCUT2D eigenvalue weighted by atomic mass is 10.3. The fraction of sp³-hybridized carbons (Fsp3) is 0. The molecule has 0 N–H and O–H groups in total. The minimum Gasteiger partial charge on any atom is -0.431 e. The van der Waals surface area contributed by atoms with Gasteiger partial charge in [-0.25, -0.2) is 9.37 Å². The quantitative estimate of drug-likeness (QED) is 0.676. The largest absolute Gasteiger partial charge is 0.431 e. The summed E-state index contributed by atoms with van der Waals surface area (Å²) in [7, 11) is 0. The van der Waals surface area contributed by atoms with Crippen LogP contribution >= 0.6 is 15.9 Å². The molecule has 0 unspecified atom stereocenters. The molecule has 0 saturated heterocycles.